The molecule has 9 heteroatoms. The standard InChI is InChI=1S/C21H28Br2N6O/c1-13-17(22)14(2)28(26-13)5-3-4-24-18(30)20-7-15-6-16(8-20)10-21(9-15,11-20)29-12-25-19(23)27-29/h12,15-16H,3-11H2,1-2H3,(H,24,30). The summed E-state index contributed by atoms with van der Waals surface area (Å²) in [6.45, 7) is 5.58. The van der Waals surface area contributed by atoms with Gasteiger partial charge in [-0.05, 0) is 102 Å². The Morgan fingerprint density at radius 3 is 2.53 bits per heavy atom. The molecule has 4 aliphatic rings. The van der Waals surface area contributed by atoms with E-state index in [1.54, 1.807) is 0 Å². The highest BCUT2D eigenvalue weighted by molar-refractivity contribution is 9.10. The number of amides is 1. The summed E-state index contributed by atoms with van der Waals surface area (Å²) in [6.07, 6.45) is 9.18. The maximum Gasteiger partial charge on any atom is 0.226 e. The predicted octanol–water partition coefficient (Wildman–Crippen LogP) is 4.12. The summed E-state index contributed by atoms with van der Waals surface area (Å²) in [5, 5.41) is 12.4. The zero-order valence-corrected chi connectivity index (χ0v) is 20.7. The molecule has 7 nitrogen and oxygen atoms in total. The number of halogens is 2. The van der Waals surface area contributed by atoms with Crippen LogP contribution in [-0.2, 0) is 16.9 Å². The number of hydrogen-bond donors (Lipinski definition) is 1. The van der Waals surface area contributed by atoms with Crippen molar-refractivity contribution in [2.24, 2.45) is 17.3 Å². The molecule has 4 aliphatic carbocycles. The molecule has 4 bridgehead atoms. The van der Waals surface area contributed by atoms with Gasteiger partial charge >= 0.3 is 0 Å². The highest BCUT2D eigenvalue weighted by atomic mass is 79.9. The molecule has 162 valence electrons. The Bertz CT molecular complexity index is 968. The van der Waals surface area contributed by atoms with E-state index in [4.69, 9.17) is 0 Å². The van der Waals surface area contributed by atoms with Gasteiger partial charge in [0.1, 0.15) is 6.33 Å². The van der Waals surface area contributed by atoms with Crippen LogP contribution in [0.25, 0.3) is 0 Å². The lowest BCUT2D eigenvalue weighted by Gasteiger charge is -2.60. The molecule has 1 N–H and O–H groups in total. The van der Waals surface area contributed by atoms with Crippen molar-refractivity contribution < 1.29 is 4.79 Å². The normalized spacial score (nSPS) is 32.0. The van der Waals surface area contributed by atoms with Gasteiger partial charge in [0.2, 0.25) is 10.6 Å². The number of carbonyl (C=O) groups excluding carboxylic acids is 1. The number of aromatic nitrogens is 5. The predicted molar refractivity (Wildman–Crippen MR) is 120 cm³/mol. The molecule has 2 aromatic rings. The van der Waals surface area contributed by atoms with Crippen LogP contribution in [0.1, 0.15) is 56.3 Å². The van der Waals surface area contributed by atoms with E-state index in [0.717, 1.165) is 60.9 Å². The first-order chi connectivity index (χ1) is 14.3. The Morgan fingerprint density at radius 2 is 1.93 bits per heavy atom. The zero-order valence-electron chi connectivity index (χ0n) is 17.5. The third-order valence-corrected chi connectivity index (χ3v) is 9.10. The second-order valence-electron chi connectivity index (χ2n) is 9.74. The van der Waals surface area contributed by atoms with Gasteiger partial charge in [-0.2, -0.15) is 5.10 Å². The molecule has 0 saturated heterocycles. The van der Waals surface area contributed by atoms with E-state index < -0.39 is 0 Å². The van der Waals surface area contributed by atoms with Gasteiger partial charge < -0.3 is 5.32 Å². The summed E-state index contributed by atoms with van der Waals surface area (Å²) in [5.74, 6) is 1.48. The maximum absolute atomic E-state index is 13.4. The van der Waals surface area contributed by atoms with E-state index in [1.807, 2.05) is 17.9 Å². The van der Waals surface area contributed by atoms with Crippen LogP contribution in [0.3, 0.4) is 0 Å². The quantitative estimate of drug-likeness (QED) is 0.560. The van der Waals surface area contributed by atoms with Crippen LogP contribution in [0.2, 0.25) is 0 Å². The number of carbonyl (C=O) groups is 1. The lowest BCUT2D eigenvalue weighted by atomic mass is 9.46. The molecule has 0 radical (unpaired) electrons. The Labute approximate surface area is 193 Å². The Balaban J connectivity index is 1.25. The van der Waals surface area contributed by atoms with E-state index in [9.17, 15) is 4.79 Å². The number of nitrogens with one attached hydrogen (secondary N) is 1. The molecule has 1 amide bonds. The smallest absolute Gasteiger partial charge is 0.226 e. The summed E-state index contributed by atoms with van der Waals surface area (Å²) < 4.78 is 5.78. The molecule has 0 aromatic carbocycles. The Morgan fingerprint density at radius 1 is 1.20 bits per heavy atom. The summed E-state index contributed by atoms with van der Waals surface area (Å²) in [7, 11) is 0. The van der Waals surface area contributed by atoms with E-state index >= 15 is 0 Å². The molecule has 30 heavy (non-hydrogen) atoms. The molecule has 4 saturated carbocycles. The number of aryl methyl sites for hydroxylation is 2. The van der Waals surface area contributed by atoms with Gasteiger partial charge in [0.25, 0.3) is 0 Å². The second-order valence-corrected chi connectivity index (χ2v) is 11.2. The molecule has 0 aliphatic heterocycles. The molecule has 2 atom stereocenters. The molecular weight excluding hydrogens is 512 g/mol. The fourth-order valence-corrected chi connectivity index (χ4v) is 7.28. The third kappa shape index (κ3) is 3.36. The van der Waals surface area contributed by atoms with Crippen LogP contribution in [0.15, 0.2) is 15.5 Å². The summed E-state index contributed by atoms with van der Waals surface area (Å²) in [6, 6.07) is 0. The first kappa shape index (κ1) is 20.7. The van der Waals surface area contributed by atoms with Crippen molar-refractivity contribution in [2.75, 3.05) is 6.54 Å². The van der Waals surface area contributed by atoms with Crippen LogP contribution in [0.5, 0.6) is 0 Å². The van der Waals surface area contributed by atoms with E-state index in [2.05, 4.69) is 64.0 Å². The topological polar surface area (TPSA) is 77.6 Å². The van der Waals surface area contributed by atoms with Gasteiger partial charge in [-0.25, -0.2) is 9.67 Å². The largest absolute Gasteiger partial charge is 0.356 e. The Hall–Kier alpha value is -1.22. The number of nitrogens with zero attached hydrogens (tertiary/aromatic N) is 5. The minimum atomic E-state index is -0.246. The van der Waals surface area contributed by atoms with Crippen molar-refractivity contribution in [3.05, 3.63) is 26.9 Å². The second kappa shape index (κ2) is 7.43. The molecule has 2 unspecified atom stereocenters. The highest BCUT2D eigenvalue weighted by Gasteiger charge is 2.61. The van der Waals surface area contributed by atoms with Crippen LogP contribution in [0.4, 0.5) is 0 Å². The van der Waals surface area contributed by atoms with Gasteiger partial charge in [-0.15, -0.1) is 5.10 Å². The number of rotatable bonds is 6. The lowest BCUT2D eigenvalue weighted by molar-refractivity contribution is -0.156. The van der Waals surface area contributed by atoms with Crippen molar-refractivity contribution >= 4 is 37.8 Å². The van der Waals surface area contributed by atoms with Crippen LogP contribution >= 0.6 is 31.9 Å². The molecule has 0 spiro atoms. The lowest BCUT2D eigenvalue weighted by Crippen LogP contribution is -2.61. The van der Waals surface area contributed by atoms with Crippen molar-refractivity contribution in [2.45, 2.75) is 70.9 Å². The van der Waals surface area contributed by atoms with Crippen molar-refractivity contribution in [1.82, 2.24) is 29.9 Å². The molecular formula is C21H28Br2N6O. The van der Waals surface area contributed by atoms with Crippen molar-refractivity contribution in [3.8, 4) is 0 Å². The highest BCUT2D eigenvalue weighted by Crippen LogP contribution is 2.64. The van der Waals surface area contributed by atoms with Gasteiger partial charge in [-0.1, -0.05) is 0 Å². The van der Waals surface area contributed by atoms with Crippen LogP contribution in [-0.4, -0.2) is 37.0 Å². The van der Waals surface area contributed by atoms with Gasteiger partial charge in [0.15, 0.2) is 0 Å². The van der Waals surface area contributed by atoms with E-state index in [-0.39, 0.29) is 16.9 Å². The van der Waals surface area contributed by atoms with Gasteiger partial charge in [0.05, 0.1) is 21.1 Å². The summed E-state index contributed by atoms with van der Waals surface area (Å²) in [5.41, 5.74) is 1.86. The minimum Gasteiger partial charge on any atom is -0.356 e. The first-order valence-electron chi connectivity index (χ1n) is 10.9. The monoisotopic (exact) mass is 538 g/mol. The SMILES string of the molecule is Cc1nn(CCCNC(=O)C23CC4CC(C2)CC(n2cnc(Br)n2)(C4)C3)c(C)c1Br. The fourth-order valence-electron chi connectivity index (χ4n) is 6.73. The molecule has 6 rings (SSSR count). The summed E-state index contributed by atoms with van der Waals surface area (Å²) >= 11 is 6.97. The van der Waals surface area contributed by atoms with E-state index in [0.29, 0.717) is 23.1 Å². The van der Waals surface area contributed by atoms with Gasteiger partial charge in [-0.3, -0.25) is 9.48 Å². The van der Waals surface area contributed by atoms with Gasteiger partial charge in [0, 0.05) is 18.8 Å². The van der Waals surface area contributed by atoms with E-state index in [1.165, 1.54) is 6.42 Å². The van der Waals surface area contributed by atoms with Crippen LogP contribution < -0.4 is 5.32 Å². The summed E-state index contributed by atoms with van der Waals surface area (Å²) in [4.78, 5) is 17.7. The maximum atomic E-state index is 13.4. The average molecular weight is 540 g/mol. The molecule has 2 heterocycles. The zero-order chi connectivity index (χ0) is 21.1. The van der Waals surface area contributed by atoms with Crippen molar-refractivity contribution in [3.63, 3.8) is 0 Å². The van der Waals surface area contributed by atoms with Crippen molar-refractivity contribution in [1.29, 1.82) is 0 Å². The number of hydrogen-bond acceptors (Lipinski definition) is 4. The Kier molecular flexibility index (Phi) is 5.12. The fraction of sp³-hybridized carbons (Fsp3) is 0.714. The molecule has 4 fully saturated rings. The molecule has 2 aromatic heterocycles. The van der Waals surface area contributed by atoms with Crippen LogP contribution in [0, 0.1) is 31.1 Å². The first-order valence-corrected chi connectivity index (χ1v) is 12.4. The average Bonchev–Trinajstić information content (AvgIpc) is 3.24. The third-order valence-electron chi connectivity index (χ3n) is 7.59. The minimum absolute atomic E-state index is 0.0452.